The number of carbonyl (C=O) groups excluding carboxylic acids is 1. The summed E-state index contributed by atoms with van der Waals surface area (Å²) >= 11 is 1.35. The highest BCUT2D eigenvalue weighted by Gasteiger charge is 2.20. The van der Waals surface area contributed by atoms with E-state index in [1.807, 2.05) is 6.92 Å². The molecule has 0 aliphatic carbocycles. The third-order valence-electron chi connectivity index (χ3n) is 5.07. The van der Waals surface area contributed by atoms with E-state index in [-0.39, 0.29) is 23.8 Å². The fourth-order valence-corrected chi connectivity index (χ4v) is 3.47. The summed E-state index contributed by atoms with van der Waals surface area (Å²) in [6.07, 6.45) is 1.95. The molecule has 2 aromatic rings. The van der Waals surface area contributed by atoms with Gasteiger partial charge in [-0.1, -0.05) is 32.9 Å². The van der Waals surface area contributed by atoms with E-state index in [4.69, 9.17) is 0 Å². The highest BCUT2D eigenvalue weighted by Crippen LogP contribution is 2.22. The summed E-state index contributed by atoms with van der Waals surface area (Å²) < 4.78 is 17.5. The lowest BCUT2D eigenvalue weighted by Gasteiger charge is -2.28. The van der Waals surface area contributed by atoms with Gasteiger partial charge < -0.3 is 10.2 Å². The second-order valence-corrected chi connectivity index (χ2v) is 8.33. The number of nitrogens with zero attached hydrogens (tertiary/aromatic N) is 3. The molecule has 1 heterocycles. The van der Waals surface area contributed by atoms with E-state index in [9.17, 15) is 9.18 Å². The van der Waals surface area contributed by atoms with E-state index in [0.29, 0.717) is 25.3 Å². The molecular weight excluding hydrogens is 375 g/mol. The molecule has 1 amide bonds. The zero-order valence-electron chi connectivity index (χ0n) is 17.4. The van der Waals surface area contributed by atoms with Crippen LogP contribution in [0.4, 0.5) is 9.52 Å². The maximum atomic E-state index is 13.1. The Kier molecular flexibility index (Phi) is 8.35. The minimum absolute atomic E-state index is 0.0607. The molecular formula is C21H31FN4OS. The summed E-state index contributed by atoms with van der Waals surface area (Å²) in [5.41, 5.74) is 0.975. The second-order valence-electron chi connectivity index (χ2n) is 7.60. The van der Waals surface area contributed by atoms with E-state index in [2.05, 4.69) is 47.3 Å². The van der Waals surface area contributed by atoms with Gasteiger partial charge in [0.2, 0.25) is 11.0 Å². The Morgan fingerprint density at radius 2 is 1.89 bits per heavy atom. The summed E-state index contributed by atoms with van der Waals surface area (Å²) in [5, 5.41) is 3.89. The van der Waals surface area contributed by atoms with E-state index in [0.717, 1.165) is 22.9 Å². The van der Waals surface area contributed by atoms with Gasteiger partial charge in [-0.05, 0) is 43.9 Å². The van der Waals surface area contributed by atoms with E-state index < -0.39 is 0 Å². The van der Waals surface area contributed by atoms with Gasteiger partial charge in [-0.3, -0.25) is 4.79 Å². The number of nitrogens with one attached hydrogen (secondary N) is 1. The Bertz CT molecular complexity index is 747. The van der Waals surface area contributed by atoms with Gasteiger partial charge in [-0.15, -0.1) is 0 Å². The molecule has 2 atom stereocenters. The van der Waals surface area contributed by atoms with Crippen molar-refractivity contribution in [3.8, 4) is 0 Å². The van der Waals surface area contributed by atoms with Crippen molar-refractivity contribution in [3.05, 3.63) is 41.5 Å². The van der Waals surface area contributed by atoms with Gasteiger partial charge in [-0.2, -0.15) is 4.37 Å². The Morgan fingerprint density at radius 1 is 1.21 bits per heavy atom. The lowest BCUT2D eigenvalue weighted by molar-refractivity contribution is -0.121. The lowest BCUT2D eigenvalue weighted by atomic mass is 10.1. The third-order valence-corrected chi connectivity index (χ3v) is 5.86. The lowest BCUT2D eigenvalue weighted by Crippen LogP contribution is -2.40. The minimum Gasteiger partial charge on any atom is -0.353 e. The molecule has 5 nitrogen and oxygen atoms in total. The van der Waals surface area contributed by atoms with E-state index in [1.54, 1.807) is 12.1 Å². The predicted octanol–water partition coefficient (Wildman–Crippen LogP) is 4.42. The van der Waals surface area contributed by atoms with Crippen LogP contribution >= 0.6 is 11.5 Å². The molecule has 7 heteroatoms. The number of hydrogen-bond acceptors (Lipinski definition) is 5. The molecule has 0 spiro atoms. The zero-order chi connectivity index (χ0) is 20.7. The van der Waals surface area contributed by atoms with Crippen molar-refractivity contribution >= 4 is 22.6 Å². The average Bonchev–Trinajstić information content (AvgIpc) is 3.11. The Labute approximate surface area is 171 Å². The molecule has 28 heavy (non-hydrogen) atoms. The van der Waals surface area contributed by atoms with Crippen LogP contribution in [0.2, 0.25) is 0 Å². The van der Waals surface area contributed by atoms with Gasteiger partial charge >= 0.3 is 0 Å². The van der Waals surface area contributed by atoms with Gasteiger partial charge in [-0.25, -0.2) is 9.37 Å². The van der Waals surface area contributed by atoms with Gasteiger partial charge in [0.25, 0.3) is 0 Å². The van der Waals surface area contributed by atoms with Crippen LogP contribution in [0.25, 0.3) is 0 Å². The summed E-state index contributed by atoms with van der Waals surface area (Å²) in [5.74, 6) is 0.943. The van der Waals surface area contributed by atoms with E-state index in [1.165, 1.54) is 23.7 Å². The van der Waals surface area contributed by atoms with Crippen molar-refractivity contribution in [3.63, 3.8) is 0 Å². The smallest absolute Gasteiger partial charge is 0.221 e. The fraction of sp³-hybridized carbons (Fsp3) is 0.571. The normalized spacial score (nSPS) is 13.4. The first kappa shape index (κ1) is 22.3. The molecule has 1 aromatic heterocycles. The molecule has 0 saturated heterocycles. The van der Waals surface area contributed by atoms with Crippen molar-refractivity contribution in [2.75, 3.05) is 11.4 Å². The van der Waals surface area contributed by atoms with Gasteiger partial charge in [0, 0.05) is 43.0 Å². The first-order chi connectivity index (χ1) is 13.3. The minimum atomic E-state index is -0.247. The van der Waals surface area contributed by atoms with Crippen molar-refractivity contribution in [1.29, 1.82) is 0 Å². The van der Waals surface area contributed by atoms with Crippen LogP contribution in [0, 0.1) is 11.7 Å². The maximum Gasteiger partial charge on any atom is 0.221 e. The molecule has 0 radical (unpaired) electrons. The van der Waals surface area contributed by atoms with Crippen molar-refractivity contribution in [1.82, 2.24) is 14.7 Å². The Hall–Kier alpha value is -2.02. The maximum absolute atomic E-state index is 13.1. The Balaban J connectivity index is 2.01. The number of hydrogen-bond donors (Lipinski definition) is 1. The third kappa shape index (κ3) is 6.55. The molecule has 1 N–H and O–H groups in total. The average molecular weight is 407 g/mol. The number of halogens is 1. The quantitative estimate of drug-likeness (QED) is 0.634. The van der Waals surface area contributed by atoms with Crippen LogP contribution in [0.15, 0.2) is 24.3 Å². The number of rotatable bonds is 10. The van der Waals surface area contributed by atoms with E-state index >= 15 is 0 Å². The van der Waals surface area contributed by atoms with Gasteiger partial charge in [0.05, 0.1) is 0 Å². The zero-order valence-corrected chi connectivity index (χ0v) is 18.2. The van der Waals surface area contributed by atoms with Crippen LogP contribution in [0.1, 0.15) is 58.8 Å². The highest BCUT2D eigenvalue weighted by molar-refractivity contribution is 7.09. The van der Waals surface area contributed by atoms with Crippen LogP contribution in [-0.4, -0.2) is 33.9 Å². The standard InChI is InChI=1S/C21H31FN4OS/c1-6-15(4)26(12-11-20(27)23-16(5)14(2)3)21-24-19(25-28-21)13-17-7-9-18(22)10-8-17/h7-10,14-16H,6,11-13H2,1-5H3,(H,23,27). The largest absolute Gasteiger partial charge is 0.353 e. The summed E-state index contributed by atoms with van der Waals surface area (Å²) in [4.78, 5) is 19.1. The molecule has 1 aromatic carbocycles. The first-order valence-corrected chi connectivity index (χ1v) is 10.7. The predicted molar refractivity (Wildman–Crippen MR) is 113 cm³/mol. The number of amides is 1. The van der Waals surface area contributed by atoms with Crippen LogP contribution in [0.5, 0.6) is 0 Å². The highest BCUT2D eigenvalue weighted by atomic mass is 32.1. The molecule has 0 aliphatic heterocycles. The topological polar surface area (TPSA) is 58.1 Å². The molecule has 154 valence electrons. The van der Waals surface area contributed by atoms with Crippen molar-refractivity contribution in [2.45, 2.75) is 66.0 Å². The number of aromatic nitrogens is 2. The molecule has 2 unspecified atom stereocenters. The summed E-state index contributed by atoms with van der Waals surface area (Å²) in [7, 11) is 0. The van der Waals surface area contributed by atoms with Crippen molar-refractivity contribution < 1.29 is 9.18 Å². The van der Waals surface area contributed by atoms with Crippen molar-refractivity contribution in [2.24, 2.45) is 5.92 Å². The van der Waals surface area contributed by atoms with Crippen LogP contribution < -0.4 is 10.2 Å². The number of carbonyl (C=O) groups is 1. The molecule has 0 aliphatic rings. The number of anilines is 1. The summed E-state index contributed by atoms with van der Waals surface area (Å²) in [6.45, 7) is 11.1. The first-order valence-electron chi connectivity index (χ1n) is 9.93. The summed E-state index contributed by atoms with van der Waals surface area (Å²) in [6, 6.07) is 6.83. The van der Waals surface area contributed by atoms with Gasteiger partial charge in [0.1, 0.15) is 11.6 Å². The molecule has 0 saturated carbocycles. The molecule has 0 fully saturated rings. The SMILES string of the molecule is CCC(C)N(CCC(=O)NC(C)C(C)C)c1nc(Cc2ccc(F)cc2)ns1. The van der Waals surface area contributed by atoms with Gasteiger partial charge in [0.15, 0.2) is 0 Å². The Morgan fingerprint density at radius 3 is 2.50 bits per heavy atom. The number of benzene rings is 1. The molecule has 0 bridgehead atoms. The second kappa shape index (κ2) is 10.5. The van der Waals surface area contributed by atoms with Crippen LogP contribution in [-0.2, 0) is 11.2 Å². The monoisotopic (exact) mass is 406 g/mol. The van der Waals surface area contributed by atoms with Crippen LogP contribution in [0.3, 0.4) is 0 Å². The fourth-order valence-electron chi connectivity index (χ4n) is 2.66. The molecule has 2 rings (SSSR count).